The van der Waals surface area contributed by atoms with Crippen LogP contribution in [0.4, 0.5) is 5.13 Å². The number of nitrogens with one attached hydrogen (secondary N) is 2. The van der Waals surface area contributed by atoms with Gasteiger partial charge in [0.15, 0.2) is 0 Å². The highest BCUT2D eigenvalue weighted by Crippen LogP contribution is 2.19. The van der Waals surface area contributed by atoms with Gasteiger partial charge in [-0.05, 0) is 25.9 Å². The lowest BCUT2D eigenvalue weighted by Crippen LogP contribution is -2.20. The Morgan fingerprint density at radius 1 is 1.33 bits per heavy atom. The van der Waals surface area contributed by atoms with E-state index in [0.29, 0.717) is 24.0 Å². The minimum Gasteiger partial charge on any atom is -0.320 e. The number of hydrogen-bond acceptors (Lipinski definition) is 6. The highest BCUT2D eigenvalue weighted by molar-refractivity contribution is 7.92. The number of anilines is 1. The maximum Gasteiger partial charge on any atom is 0.234 e. The Kier molecular flexibility index (Phi) is 5.97. The van der Waals surface area contributed by atoms with E-state index in [1.54, 1.807) is 7.05 Å². The van der Waals surface area contributed by atoms with Crippen LogP contribution in [-0.2, 0) is 16.4 Å². The van der Waals surface area contributed by atoms with Gasteiger partial charge in [0, 0.05) is 6.42 Å². The van der Waals surface area contributed by atoms with Gasteiger partial charge in [-0.15, -0.1) is 10.2 Å². The summed E-state index contributed by atoms with van der Waals surface area (Å²) < 4.78 is 25.9. The third kappa shape index (κ3) is 5.74. The molecule has 0 saturated carbocycles. The molecule has 18 heavy (non-hydrogen) atoms. The lowest BCUT2D eigenvalue weighted by atomic mass is 10.1. The fourth-order valence-corrected chi connectivity index (χ4v) is 3.63. The van der Waals surface area contributed by atoms with Crippen molar-refractivity contribution in [2.75, 3.05) is 24.1 Å². The van der Waals surface area contributed by atoms with Crippen LogP contribution in [0.15, 0.2) is 0 Å². The summed E-state index contributed by atoms with van der Waals surface area (Å²) in [6, 6.07) is 0. The summed E-state index contributed by atoms with van der Waals surface area (Å²) in [5.41, 5.74) is 0. The van der Waals surface area contributed by atoms with Crippen molar-refractivity contribution >= 4 is 26.5 Å². The summed E-state index contributed by atoms with van der Waals surface area (Å²) in [5.74, 6) is 0.575. The van der Waals surface area contributed by atoms with Gasteiger partial charge in [0.25, 0.3) is 0 Å². The van der Waals surface area contributed by atoms with Gasteiger partial charge in [-0.1, -0.05) is 25.2 Å². The molecule has 0 unspecified atom stereocenters. The number of rotatable bonds is 8. The molecule has 6 nitrogen and oxygen atoms in total. The second-order valence-electron chi connectivity index (χ2n) is 4.48. The van der Waals surface area contributed by atoms with Crippen molar-refractivity contribution in [3.05, 3.63) is 5.01 Å². The topological polar surface area (TPSA) is 84.0 Å². The summed E-state index contributed by atoms with van der Waals surface area (Å²) in [5, 5.41) is 11.9. The molecular formula is C10H20N4O2S2. The molecule has 0 fully saturated rings. The highest BCUT2D eigenvalue weighted by atomic mass is 32.2. The molecule has 0 aliphatic heterocycles. The van der Waals surface area contributed by atoms with E-state index in [2.05, 4.69) is 34.1 Å². The SMILES string of the molecule is CNCCCS(=O)(=O)Nc1nnc(CC(C)C)s1. The summed E-state index contributed by atoms with van der Waals surface area (Å²) in [7, 11) is -1.51. The van der Waals surface area contributed by atoms with Crippen LogP contribution in [0.5, 0.6) is 0 Å². The van der Waals surface area contributed by atoms with E-state index in [-0.39, 0.29) is 5.75 Å². The fraction of sp³-hybridized carbons (Fsp3) is 0.800. The summed E-state index contributed by atoms with van der Waals surface area (Å²) in [6.45, 7) is 4.85. The molecule has 104 valence electrons. The van der Waals surface area contributed by atoms with Crippen LogP contribution >= 0.6 is 11.3 Å². The Balaban J connectivity index is 2.53. The molecule has 0 atom stereocenters. The van der Waals surface area contributed by atoms with Crippen molar-refractivity contribution < 1.29 is 8.42 Å². The van der Waals surface area contributed by atoms with Crippen molar-refractivity contribution in [2.45, 2.75) is 26.7 Å². The van der Waals surface area contributed by atoms with Crippen molar-refractivity contribution in [3.63, 3.8) is 0 Å². The maximum atomic E-state index is 11.7. The lowest BCUT2D eigenvalue weighted by molar-refractivity contribution is 0.596. The Morgan fingerprint density at radius 2 is 2.06 bits per heavy atom. The maximum absolute atomic E-state index is 11.7. The highest BCUT2D eigenvalue weighted by Gasteiger charge is 2.13. The first-order valence-electron chi connectivity index (χ1n) is 5.90. The second kappa shape index (κ2) is 7.01. The van der Waals surface area contributed by atoms with Crippen LogP contribution in [0.25, 0.3) is 0 Å². The summed E-state index contributed by atoms with van der Waals surface area (Å²) in [6.07, 6.45) is 1.39. The molecule has 1 aromatic heterocycles. The van der Waals surface area contributed by atoms with Crippen LogP contribution in [0.3, 0.4) is 0 Å². The lowest BCUT2D eigenvalue weighted by Gasteiger charge is -2.03. The van der Waals surface area contributed by atoms with E-state index in [1.807, 2.05) is 0 Å². The molecule has 1 aromatic rings. The van der Waals surface area contributed by atoms with Gasteiger partial charge in [-0.25, -0.2) is 8.42 Å². The molecular weight excluding hydrogens is 272 g/mol. The molecule has 0 saturated heterocycles. The largest absolute Gasteiger partial charge is 0.320 e. The van der Waals surface area contributed by atoms with Crippen LogP contribution in [0.1, 0.15) is 25.3 Å². The molecule has 0 aliphatic rings. The summed E-state index contributed by atoms with van der Waals surface area (Å²) >= 11 is 1.30. The van der Waals surface area contributed by atoms with Gasteiger partial charge in [0.05, 0.1) is 5.75 Å². The minimum absolute atomic E-state index is 0.0902. The molecule has 0 amide bonds. The van der Waals surface area contributed by atoms with E-state index in [0.717, 1.165) is 11.4 Å². The molecule has 0 aromatic carbocycles. The van der Waals surface area contributed by atoms with Crippen molar-refractivity contribution in [2.24, 2.45) is 5.92 Å². The molecule has 0 aliphatic carbocycles. The molecule has 0 spiro atoms. The smallest absolute Gasteiger partial charge is 0.234 e. The summed E-state index contributed by atoms with van der Waals surface area (Å²) in [4.78, 5) is 0. The zero-order valence-electron chi connectivity index (χ0n) is 10.9. The number of hydrogen-bond donors (Lipinski definition) is 2. The fourth-order valence-electron chi connectivity index (χ4n) is 1.35. The first-order valence-corrected chi connectivity index (χ1v) is 8.37. The quantitative estimate of drug-likeness (QED) is 0.701. The Labute approximate surface area is 112 Å². The first kappa shape index (κ1) is 15.3. The van der Waals surface area contributed by atoms with Gasteiger partial charge in [0.1, 0.15) is 5.01 Å². The molecule has 0 bridgehead atoms. The van der Waals surface area contributed by atoms with E-state index in [9.17, 15) is 8.42 Å². The van der Waals surface area contributed by atoms with E-state index < -0.39 is 10.0 Å². The van der Waals surface area contributed by atoms with Gasteiger partial charge < -0.3 is 5.32 Å². The Bertz CT molecular complexity index is 456. The zero-order chi connectivity index (χ0) is 13.6. The molecule has 1 heterocycles. The normalized spacial score (nSPS) is 12.0. The predicted octanol–water partition coefficient (Wildman–Crippen LogP) is 1.09. The number of nitrogens with zero attached hydrogens (tertiary/aromatic N) is 2. The van der Waals surface area contributed by atoms with E-state index in [4.69, 9.17) is 0 Å². The Morgan fingerprint density at radius 3 is 2.67 bits per heavy atom. The van der Waals surface area contributed by atoms with Gasteiger partial charge in [0.2, 0.25) is 15.2 Å². The average molecular weight is 292 g/mol. The number of aromatic nitrogens is 2. The van der Waals surface area contributed by atoms with Crippen LogP contribution in [0, 0.1) is 5.92 Å². The third-order valence-corrected chi connectivity index (χ3v) is 4.45. The average Bonchev–Trinajstić information content (AvgIpc) is 2.63. The van der Waals surface area contributed by atoms with Gasteiger partial charge in [-0.2, -0.15) is 0 Å². The van der Waals surface area contributed by atoms with Crippen LogP contribution < -0.4 is 10.0 Å². The van der Waals surface area contributed by atoms with Gasteiger partial charge >= 0.3 is 0 Å². The standard InChI is InChI=1S/C10H20N4O2S2/c1-8(2)7-9-12-13-10(17-9)14-18(15,16)6-4-5-11-3/h8,11H,4-7H2,1-3H3,(H,13,14). The molecule has 0 radical (unpaired) electrons. The monoisotopic (exact) mass is 292 g/mol. The minimum atomic E-state index is -3.30. The van der Waals surface area contributed by atoms with Gasteiger partial charge in [-0.3, -0.25) is 4.72 Å². The van der Waals surface area contributed by atoms with Crippen LogP contribution in [-0.4, -0.2) is 38.0 Å². The van der Waals surface area contributed by atoms with Crippen molar-refractivity contribution in [1.29, 1.82) is 0 Å². The van der Waals surface area contributed by atoms with Crippen LogP contribution in [0.2, 0.25) is 0 Å². The van der Waals surface area contributed by atoms with E-state index >= 15 is 0 Å². The van der Waals surface area contributed by atoms with E-state index in [1.165, 1.54) is 11.3 Å². The second-order valence-corrected chi connectivity index (χ2v) is 7.38. The third-order valence-electron chi connectivity index (χ3n) is 2.13. The molecule has 1 rings (SSSR count). The number of sulfonamides is 1. The van der Waals surface area contributed by atoms with Crippen molar-refractivity contribution in [1.82, 2.24) is 15.5 Å². The Hall–Kier alpha value is -0.730. The predicted molar refractivity (Wildman–Crippen MR) is 74.4 cm³/mol. The first-order chi connectivity index (χ1) is 8.43. The molecule has 8 heteroatoms. The molecule has 2 N–H and O–H groups in total. The zero-order valence-corrected chi connectivity index (χ0v) is 12.6. The van der Waals surface area contributed by atoms with Crippen molar-refractivity contribution in [3.8, 4) is 0 Å².